The molecule has 0 aromatic carbocycles. The van der Waals surface area contributed by atoms with Gasteiger partial charge < -0.3 is 5.11 Å². The van der Waals surface area contributed by atoms with E-state index in [-0.39, 0.29) is 12.5 Å². The van der Waals surface area contributed by atoms with Crippen molar-refractivity contribution in [1.29, 1.82) is 0 Å². The smallest absolute Gasteiger partial charge is 0.319 e. The largest absolute Gasteiger partial charge is 0.480 e. The van der Waals surface area contributed by atoms with Gasteiger partial charge in [-0.15, -0.1) is 0 Å². The molecule has 0 fully saturated rings. The number of rotatable bonds is 4. The van der Waals surface area contributed by atoms with E-state index in [4.69, 9.17) is 5.11 Å². The average molecular weight is 146 g/mol. The fourth-order valence-corrected chi connectivity index (χ4v) is 0.307. The highest BCUT2D eigenvalue weighted by Gasteiger charge is 1.96. The van der Waals surface area contributed by atoms with E-state index < -0.39 is 5.97 Å². The molecular weight excluding hydrogens is 136 g/mol. The molecule has 0 aliphatic carbocycles. The van der Waals surface area contributed by atoms with Crippen molar-refractivity contribution in [3.63, 3.8) is 0 Å². The van der Waals surface area contributed by atoms with Crippen LogP contribution < -0.4 is 10.9 Å². The van der Waals surface area contributed by atoms with Crippen molar-refractivity contribution in [2.24, 2.45) is 0 Å². The van der Waals surface area contributed by atoms with Gasteiger partial charge in [-0.2, -0.15) is 0 Å². The van der Waals surface area contributed by atoms with Crippen LogP contribution in [-0.2, 0) is 9.59 Å². The van der Waals surface area contributed by atoms with E-state index in [2.05, 4.69) is 10.9 Å². The maximum atomic E-state index is 10.4. The van der Waals surface area contributed by atoms with Crippen LogP contribution >= 0.6 is 0 Å². The maximum absolute atomic E-state index is 10.4. The molecule has 5 heteroatoms. The van der Waals surface area contributed by atoms with Crippen LogP contribution in [0.1, 0.15) is 13.3 Å². The van der Waals surface area contributed by atoms with Crippen molar-refractivity contribution in [3.8, 4) is 0 Å². The highest BCUT2D eigenvalue weighted by atomic mass is 16.4. The van der Waals surface area contributed by atoms with Gasteiger partial charge in [-0.1, -0.05) is 6.92 Å². The lowest BCUT2D eigenvalue weighted by molar-refractivity contribution is -0.136. The SMILES string of the molecule is CCC(=O)NNCC(=O)O. The van der Waals surface area contributed by atoms with Crippen molar-refractivity contribution in [3.05, 3.63) is 0 Å². The van der Waals surface area contributed by atoms with Gasteiger partial charge >= 0.3 is 5.97 Å². The maximum Gasteiger partial charge on any atom is 0.319 e. The van der Waals surface area contributed by atoms with Crippen LogP contribution in [0.4, 0.5) is 0 Å². The van der Waals surface area contributed by atoms with Gasteiger partial charge in [0, 0.05) is 6.42 Å². The van der Waals surface area contributed by atoms with E-state index in [1.807, 2.05) is 0 Å². The molecule has 0 aromatic heterocycles. The number of hydrogen-bond donors (Lipinski definition) is 3. The molecule has 1 amide bonds. The van der Waals surface area contributed by atoms with Gasteiger partial charge in [0.05, 0.1) is 0 Å². The number of carboxylic acids is 1. The average Bonchev–Trinajstić information content (AvgIpc) is 1.87. The molecule has 0 spiro atoms. The Labute approximate surface area is 58.4 Å². The van der Waals surface area contributed by atoms with Crippen LogP contribution in [0.25, 0.3) is 0 Å². The number of nitrogens with one attached hydrogen (secondary N) is 2. The van der Waals surface area contributed by atoms with Gasteiger partial charge in [0.2, 0.25) is 5.91 Å². The number of carboxylic acid groups (broad SMARTS) is 1. The molecule has 3 N–H and O–H groups in total. The van der Waals surface area contributed by atoms with E-state index in [0.717, 1.165) is 0 Å². The van der Waals surface area contributed by atoms with Crippen molar-refractivity contribution < 1.29 is 14.7 Å². The monoisotopic (exact) mass is 146 g/mol. The fraction of sp³-hybridized carbons (Fsp3) is 0.600. The molecule has 5 nitrogen and oxygen atoms in total. The Hall–Kier alpha value is -1.10. The molecule has 0 aromatic rings. The molecule has 0 unspecified atom stereocenters. The summed E-state index contributed by atoms with van der Waals surface area (Å²) in [6.45, 7) is 1.42. The van der Waals surface area contributed by atoms with Crippen molar-refractivity contribution >= 4 is 11.9 Å². The minimum Gasteiger partial charge on any atom is -0.480 e. The Morgan fingerprint density at radius 1 is 1.50 bits per heavy atom. The number of hydrazine groups is 1. The van der Waals surface area contributed by atoms with Crippen LogP contribution in [0.3, 0.4) is 0 Å². The minimum absolute atomic E-state index is 0.221. The first kappa shape index (κ1) is 8.90. The molecule has 0 radical (unpaired) electrons. The summed E-state index contributed by atoms with van der Waals surface area (Å²) in [5, 5.41) is 8.09. The highest BCUT2D eigenvalue weighted by molar-refractivity contribution is 5.75. The number of carbonyl (C=O) groups excluding carboxylic acids is 1. The first-order valence-electron chi connectivity index (χ1n) is 2.90. The predicted molar refractivity (Wildman–Crippen MR) is 34.1 cm³/mol. The predicted octanol–water partition coefficient (Wildman–Crippen LogP) is -0.898. The van der Waals surface area contributed by atoms with E-state index in [1.165, 1.54) is 0 Å². The lowest BCUT2D eigenvalue weighted by Crippen LogP contribution is -2.39. The Bertz CT molecular complexity index is 135. The van der Waals surface area contributed by atoms with E-state index in [0.29, 0.717) is 6.42 Å². The summed E-state index contributed by atoms with van der Waals surface area (Å²) < 4.78 is 0. The van der Waals surface area contributed by atoms with Crippen LogP contribution in [0.15, 0.2) is 0 Å². The zero-order valence-corrected chi connectivity index (χ0v) is 5.68. The molecule has 0 saturated carbocycles. The second kappa shape index (κ2) is 4.75. The molecular formula is C5H10N2O3. The van der Waals surface area contributed by atoms with E-state index >= 15 is 0 Å². The number of hydrogen-bond acceptors (Lipinski definition) is 3. The van der Waals surface area contributed by atoms with Gasteiger partial charge in [-0.05, 0) is 0 Å². The molecule has 10 heavy (non-hydrogen) atoms. The molecule has 0 aliphatic heterocycles. The Morgan fingerprint density at radius 2 is 2.10 bits per heavy atom. The number of amides is 1. The molecule has 0 heterocycles. The summed E-state index contributed by atoms with van der Waals surface area (Å²) in [6.07, 6.45) is 0.340. The summed E-state index contributed by atoms with van der Waals surface area (Å²) >= 11 is 0. The van der Waals surface area contributed by atoms with Gasteiger partial charge in [0.15, 0.2) is 0 Å². The summed E-state index contributed by atoms with van der Waals surface area (Å²) in [4.78, 5) is 20.3. The third-order valence-electron chi connectivity index (χ3n) is 0.789. The highest BCUT2D eigenvalue weighted by Crippen LogP contribution is 1.69. The van der Waals surface area contributed by atoms with Gasteiger partial charge in [-0.25, -0.2) is 5.43 Å². The van der Waals surface area contributed by atoms with E-state index in [1.54, 1.807) is 6.92 Å². The molecule has 0 atom stereocenters. The summed E-state index contributed by atoms with van der Waals surface area (Å²) in [7, 11) is 0. The standard InChI is InChI=1S/C5H10N2O3/c1-2-4(8)7-6-3-5(9)10/h6H,2-3H2,1H3,(H,7,8)(H,9,10). The normalized spacial score (nSPS) is 8.90. The van der Waals surface area contributed by atoms with Crippen molar-refractivity contribution in [2.75, 3.05) is 6.54 Å². The first-order chi connectivity index (χ1) is 4.66. The fourth-order valence-electron chi connectivity index (χ4n) is 0.307. The Balaban J connectivity index is 3.20. The molecule has 0 saturated heterocycles. The zero-order valence-electron chi connectivity index (χ0n) is 5.68. The van der Waals surface area contributed by atoms with Gasteiger partial charge in [-0.3, -0.25) is 15.0 Å². The van der Waals surface area contributed by atoms with Crippen LogP contribution in [0.2, 0.25) is 0 Å². The topological polar surface area (TPSA) is 78.4 Å². The van der Waals surface area contributed by atoms with E-state index in [9.17, 15) is 9.59 Å². The lowest BCUT2D eigenvalue weighted by Gasteiger charge is -2.00. The van der Waals surface area contributed by atoms with Gasteiger partial charge in [0.1, 0.15) is 6.54 Å². The number of aliphatic carboxylic acids is 1. The quantitative estimate of drug-likeness (QED) is 0.449. The van der Waals surface area contributed by atoms with Crippen LogP contribution in [-0.4, -0.2) is 23.5 Å². The lowest BCUT2D eigenvalue weighted by atomic mass is 10.5. The second-order valence-corrected chi connectivity index (χ2v) is 1.65. The van der Waals surface area contributed by atoms with Crippen molar-refractivity contribution in [1.82, 2.24) is 10.9 Å². The molecule has 0 rings (SSSR count). The molecule has 0 aliphatic rings. The Kier molecular flexibility index (Phi) is 4.23. The second-order valence-electron chi connectivity index (χ2n) is 1.65. The zero-order chi connectivity index (χ0) is 7.98. The Morgan fingerprint density at radius 3 is 2.50 bits per heavy atom. The third kappa shape index (κ3) is 5.04. The summed E-state index contributed by atoms with van der Waals surface area (Å²) in [6, 6.07) is 0. The van der Waals surface area contributed by atoms with Crippen molar-refractivity contribution in [2.45, 2.75) is 13.3 Å². The number of carbonyl (C=O) groups is 2. The van der Waals surface area contributed by atoms with Crippen LogP contribution in [0, 0.1) is 0 Å². The summed E-state index contributed by atoms with van der Waals surface area (Å²) in [5.74, 6) is -1.22. The first-order valence-corrected chi connectivity index (χ1v) is 2.90. The minimum atomic E-state index is -1.00. The van der Waals surface area contributed by atoms with Gasteiger partial charge in [0.25, 0.3) is 0 Å². The third-order valence-corrected chi connectivity index (χ3v) is 0.789. The van der Waals surface area contributed by atoms with Crippen LogP contribution in [0.5, 0.6) is 0 Å². The molecule has 0 bridgehead atoms. The molecule has 58 valence electrons. The summed E-state index contributed by atoms with van der Waals surface area (Å²) in [5.41, 5.74) is 4.43.